The Hall–Kier alpha value is -7.53. The van der Waals surface area contributed by atoms with E-state index in [9.17, 15) is 0 Å². The van der Waals surface area contributed by atoms with Crippen LogP contribution in [0.15, 0.2) is 200 Å². The number of hydrogen-bond donors (Lipinski definition) is 0. The molecule has 274 valence electrons. The van der Waals surface area contributed by atoms with Gasteiger partial charge in [-0.3, -0.25) is 4.40 Å². The van der Waals surface area contributed by atoms with Crippen molar-refractivity contribution in [2.45, 2.75) is 0 Å². The number of hydrogen-bond acceptors (Lipinski definition) is 2. The third-order valence-corrected chi connectivity index (χ3v) is 13.5. The van der Waals surface area contributed by atoms with E-state index in [-0.39, 0.29) is 0 Å². The fraction of sp³-hybridized carbons (Fsp3) is 0. The van der Waals surface area contributed by atoms with Crippen LogP contribution in [0.1, 0.15) is 0 Å². The number of para-hydroxylation sites is 2. The first-order valence-electron chi connectivity index (χ1n) is 20.1. The SMILES string of the molecule is c1ccc(-n2c3ccccc3c3ccc(-c4ccc(-c5ccc(-c6cc7c8ccccc8sc7c7nc8c9ccc%10ccccc%10c9ccc8n67)cc5)cc4)cc32)cc1. The highest BCUT2D eigenvalue weighted by Crippen LogP contribution is 2.42. The maximum atomic E-state index is 5.48. The van der Waals surface area contributed by atoms with Gasteiger partial charge in [-0.25, -0.2) is 4.98 Å². The molecule has 0 bridgehead atoms. The largest absolute Gasteiger partial charge is 0.309 e. The summed E-state index contributed by atoms with van der Waals surface area (Å²) in [4.78, 5) is 5.48. The molecule has 0 spiro atoms. The zero-order chi connectivity index (χ0) is 38.6. The van der Waals surface area contributed by atoms with Crippen molar-refractivity contribution in [2.24, 2.45) is 0 Å². The molecule has 9 aromatic carbocycles. The number of thiophene rings is 1. The zero-order valence-corrected chi connectivity index (χ0v) is 32.6. The summed E-state index contributed by atoms with van der Waals surface area (Å²) in [5, 5.41) is 9.98. The highest BCUT2D eigenvalue weighted by Gasteiger charge is 2.20. The van der Waals surface area contributed by atoms with E-state index in [0.717, 1.165) is 27.9 Å². The summed E-state index contributed by atoms with van der Waals surface area (Å²) < 4.78 is 7.27. The van der Waals surface area contributed by atoms with Gasteiger partial charge in [0.1, 0.15) is 0 Å². The van der Waals surface area contributed by atoms with Crippen molar-refractivity contribution >= 4 is 91.5 Å². The number of nitrogens with zero attached hydrogens (tertiary/aromatic N) is 3. The average Bonchev–Trinajstić information content (AvgIpc) is 3.99. The van der Waals surface area contributed by atoms with Gasteiger partial charge in [0.2, 0.25) is 0 Å². The molecule has 0 saturated heterocycles. The molecule has 0 radical (unpaired) electrons. The molecule has 0 aliphatic carbocycles. The monoisotopic (exact) mass is 767 g/mol. The van der Waals surface area contributed by atoms with Gasteiger partial charge < -0.3 is 4.57 Å². The molecule has 0 aliphatic heterocycles. The van der Waals surface area contributed by atoms with Gasteiger partial charge in [-0.1, -0.05) is 158 Å². The van der Waals surface area contributed by atoms with Crippen LogP contribution in [-0.2, 0) is 0 Å². The molecule has 13 aromatic rings. The molecule has 4 aromatic heterocycles. The zero-order valence-electron chi connectivity index (χ0n) is 31.8. The molecule has 0 fully saturated rings. The molecular weight excluding hydrogens is 735 g/mol. The lowest BCUT2D eigenvalue weighted by Crippen LogP contribution is -1.93. The summed E-state index contributed by atoms with van der Waals surface area (Å²) in [6, 6.07) is 73.1. The summed E-state index contributed by atoms with van der Waals surface area (Å²) in [5.41, 5.74) is 13.9. The maximum Gasteiger partial charge on any atom is 0.156 e. The van der Waals surface area contributed by atoms with E-state index in [2.05, 4.69) is 209 Å². The number of imidazole rings is 1. The van der Waals surface area contributed by atoms with Gasteiger partial charge >= 0.3 is 0 Å². The van der Waals surface area contributed by atoms with Crippen LogP contribution in [0, 0.1) is 0 Å². The van der Waals surface area contributed by atoms with Crippen LogP contribution >= 0.6 is 11.3 Å². The third kappa shape index (κ3) is 4.84. The first kappa shape index (κ1) is 32.5. The van der Waals surface area contributed by atoms with Crippen molar-refractivity contribution in [3.63, 3.8) is 0 Å². The van der Waals surface area contributed by atoms with Crippen LogP contribution < -0.4 is 0 Å². The first-order chi connectivity index (χ1) is 29.2. The predicted molar refractivity (Wildman–Crippen MR) is 251 cm³/mol. The Balaban J connectivity index is 0.917. The smallest absolute Gasteiger partial charge is 0.156 e. The van der Waals surface area contributed by atoms with Gasteiger partial charge in [0.15, 0.2) is 5.65 Å². The normalized spacial score (nSPS) is 12.1. The highest BCUT2D eigenvalue weighted by atomic mass is 32.1. The van der Waals surface area contributed by atoms with E-state index >= 15 is 0 Å². The van der Waals surface area contributed by atoms with E-state index in [1.807, 2.05) is 11.3 Å². The molecule has 59 heavy (non-hydrogen) atoms. The van der Waals surface area contributed by atoms with Crippen LogP contribution in [0.3, 0.4) is 0 Å². The minimum Gasteiger partial charge on any atom is -0.309 e. The Labute approximate surface area is 343 Å². The Kier molecular flexibility index (Phi) is 6.89. The van der Waals surface area contributed by atoms with Crippen LogP contribution in [0.5, 0.6) is 0 Å². The first-order valence-corrected chi connectivity index (χ1v) is 20.9. The fourth-order valence-electron chi connectivity index (χ4n) is 9.51. The second-order valence-corrected chi connectivity index (χ2v) is 16.6. The van der Waals surface area contributed by atoms with E-state index in [0.29, 0.717) is 0 Å². The summed E-state index contributed by atoms with van der Waals surface area (Å²) >= 11 is 1.83. The molecule has 4 heterocycles. The Morgan fingerprint density at radius 3 is 1.80 bits per heavy atom. The number of benzene rings is 9. The van der Waals surface area contributed by atoms with Crippen LogP contribution in [0.4, 0.5) is 0 Å². The molecule has 3 nitrogen and oxygen atoms in total. The molecule has 0 aliphatic rings. The van der Waals surface area contributed by atoms with Gasteiger partial charge in [0.05, 0.1) is 32.5 Å². The molecule has 0 saturated carbocycles. The minimum absolute atomic E-state index is 1.01. The molecular formula is C55H33N3S. The van der Waals surface area contributed by atoms with Crippen LogP contribution in [0.25, 0.3) is 119 Å². The standard InChI is InChI=1S/C55H33N3S/c1-2-11-40(12-3-1)57-48-16-8-6-14-43(48)44-28-27-39(32-51(44)57)36-20-18-34(19-21-36)35-22-24-38(25-23-35)50-33-47-45-15-7-9-17-52(45)59-54(47)55-56-53-46-29-26-37-10-4-5-13-41(37)42(46)30-31-49(53)58(50)55/h1-33H. The minimum atomic E-state index is 1.01. The highest BCUT2D eigenvalue weighted by molar-refractivity contribution is 7.26. The van der Waals surface area contributed by atoms with E-state index in [1.165, 1.54) is 91.5 Å². The lowest BCUT2D eigenvalue weighted by atomic mass is 9.98. The summed E-state index contributed by atoms with van der Waals surface area (Å²) in [6.45, 7) is 0. The molecule has 0 atom stereocenters. The van der Waals surface area contributed by atoms with Crippen molar-refractivity contribution in [1.82, 2.24) is 14.0 Å². The van der Waals surface area contributed by atoms with Gasteiger partial charge in [0, 0.05) is 37.3 Å². The van der Waals surface area contributed by atoms with Gasteiger partial charge in [-0.05, 0) is 86.4 Å². The number of fused-ring (bicyclic) bond motifs is 14. The molecule has 0 amide bonds. The Morgan fingerprint density at radius 2 is 0.983 bits per heavy atom. The number of rotatable bonds is 4. The summed E-state index contributed by atoms with van der Waals surface area (Å²) in [7, 11) is 0. The molecule has 0 unspecified atom stereocenters. The van der Waals surface area contributed by atoms with E-state index in [4.69, 9.17) is 4.98 Å². The van der Waals surface area contributed by atoms with Gasteiger partial charge in [0.25, 0.3) is 0 Å². The maximum absolute atomic E-state index is 5.48. The molecule has 0 N–H and O–H groups in total. The van der Waals surface area contributed by atoms with Crippen molar-refractivity contribution in [1.29, 1.82) is 0 Å². The number of pyridine rings is 1. The predicted octanol–water partition coefficient (Wildman–Crippen LogP) is 15.3. The fourth-order valence-corrected chi connectivity index (χ4v) is 10.7. The lowest BCUT2D eigenvalue weighted by Gasteiger charge is -2.11. The topological polar surface area (TPSA) is 22.2 Å². The van der Waals surface area contributed by atoms with Crippen molar-refractivity contribution in [3.8, 4) is 39.2 Å². The Bertz CT molecular complexity index is 3810. The summed E-state index contributed by atoms with van der Waals surface area (Å²) in [6.07, 6.45) is 0. The second-order valence-electron chi connectivity index (χ2n) is 15.5. The third-order valence-electron chi connectivity index (χ3n) is 12.3. The van der Waals surface area contributed by atoms with Crippen molar-refractivity contribution in [3.05, 3.63) is 200 Å². The van der Waals surface area contributed by atoms with E-state index in [1.54, 1.807) is 0 Å². The molecule has 4 heteroatoms. The van der Waals surface area contributed by atoms with Gasteiger partial charge in [-0.2, -0.15) is 0 Å². The van der Waals surface area contributed by atoms with Crippen molar-refractivity contribution < 1.29 is 0 Å². The van der Waals surface area contributed by atoms with Gasteiger partial charge in [-0.15, -0.1) is 11.3 Å². The average molecular weight is 768 g/mol. The quantitative estimate of drug-likeness (QED) is 0.164. The molecule has 13 rings (SSSR count). The second kappa shape index (κ2) is 12.5. The Morgan fingerprint density at radius 1 is 0.373 bits per heavy atom. The van der Waals surface area contributed by atoms with Crippen LogP contribution in [-0.4, -0.2) is 14.0 Å². The lowest BCUT2D eigenvalue weighted by molar-refractivity contribution is 1.18. The summed E-state index contributed by atoms with van der Waals surface area (Å²) in [5.74, 6) is 0. The van der Waals surface area contributed by atoms with Crippen molar-refractivity contribution in [2.75, 3.05) is 0 Å². The number of aromatic nitrogens is 3. The van der Waals surface area contributed by atoms with Crippen LogP contribution in [0.2, 0.25) is 0 Å². The van der Waals surface area contributed by atoms with E-state index < -0.39 is 0 Å².